The van der Waals surface area contributed by atoms with Crippen LogP contribution in [-0.2, 0) is 23.9 Å². The number of aromatic amines is 1. The van der Waals surface area contributed by atoms with E-state index in [9.17, 15) is 24.0 Å². The van der Waals surface area contributed by atoms with Gasteiger partial charge in [0.1, 0.15) is 17.5 Å². The molecule has 1 fully saturated rings. The molecule has 11 heteroatoms. The molecule has 1 aliphatic heterocycles. The Morgan fingerprint density at radius 2 is 1.77 bits per heavy atom. The van der Waals surface area contributed by atoms with Gasteiger partial charge in [0.15, 0.2) is 12.4 Å². The number of carbonyl (C=O) groups is 5. The van der Waals surface area contributed by atoms with Crippen molar-refractivity contribution in [3.8, 4) is 5.75 Å². The van der Waals surface area contributed by atoms with Gasteiger partial charge in [0, 0.05) is 23.4 Å². The number of hydrogen-bond acceptors (Lipinski definition) is 7. The monoisotopic (exact) mass is 598 g/mol. The molecule has 0 spiro atoms. The van der Waals surface area contributed by atoms with Gasteiger partial charge in [-0.25, -0.2) is 0 Å². The zero-order chi connectivity index (χ0) is 31.9. The Kier molecular flexibility index (Phi) is 11.0. The molecule has 0 radical (unpaired) electrons. The summed E-state index contributed by atoms with van der Waals surface area (Å²) in [7, 11) is 0. The minimum Gasteiger partial charge on any atom is -0.493 e. The van der Waals surface area contributed by atoms with Crippen LogP contribution in [0.3, 0.4) is 0 Å². The van der Waals surface area contributed by atoms with Crippen molar-refractivity contribution in [3.63, 3.8) is 0 Å². The SMILES string of the molecule is CCOc1cccc2[nH]c(C(=O)N[C@@H](CC(C)(C)C)C(=O)N[C@@H](C[C@@H]3CCCNC3=O)C(=O)COC(=O)C(C)(C)C)cc12. The number of carbonyl (C=O) groups excluding carboxylic acids is 5. The highest BCUT2D eigenvalue weighted by Crippen LogP contribution is 2.27. The lowest BCUT2D eigenvalue weighted by Gasteiger charge is -2.30. The van der Waals surface area contributed by atoms with Crippen molar-refractivity contribution in [1.29, 1.82) is 0 Å². The minimum atomic E-state index is -1.09. The summed E-state index contributed by atoms with van der Waals surface area (Å²) in [5.41, 5.74) is -0.192. The van der Waals surface area contributed by atoms with Crippen LogP contribution in [0, 0.1) is 16.7 Å². The normalized spacial score (nSPS) is 17.0. The Hall–Kier alpha value is -3.89. The number of aromatic nitrogens is 1. The van der Waals surface area contributed by atoms with Crippen LogP contribution in [0.2, 0.25) is 0 Å². The molecule has 0 bridgehead atoms. The molecular weight excluding hydrogens is 552 g/mol. The van der Waals surface area contributed by atoms with Gasteiger partial charge < -0.3 is 30.4 Å². The third kappa shape index (κ3) is 9.56. The number of esters is 1. The van der Waals surface area contributed by atoms with Crippen molar-refractivity contribution in [3.05, 3.63) is 30.0 Å². The van der Waals surface area contributed by atoms with E-state index in [2.05, 4.69) is 20.9 Å². The third-order valence-electron chi connectivity index (χ3n) is 7.19. The van der Waals surface area contributed by atoms with Crippen LogP contribution < -0.4 is 20.7 Å². The fourth-order valence-electron chi connectivity index (χ4n) is 4.93. The number of piperidine rings is 1. The number of Topliss-reactive ketones (excluding diaryl/α,β-unsaturated/α-hetero) is 1. The summed E-state index contributed by atoms with van der Waals surface area (Å²) < 4.78 is 10.9. The molecule has 43 heavy (non-hydrogen) atoms. The van der Waals surface area contributed by atoms with E-state index in [0.717, 1.165) is 11.8 Å². The highest BCUT2D eigenvalue weighted by atomic mass is 16.5. The van der Waals surface area contributed by atoms with Crippen molar-refractivity contribution in [1.82, 2.24) is 20.9 Å². The van der Waals surface area contributed by atoms with E-state index >= 15 is 0 Å². The molecule has 0 aliphatic carbocycles. The van der Waals surface area contributed by atoms with Crippen LogP contribution in [-0.4, -0.2) is 66.3 Å². The van der Waals surface area contributed by atoms with Crippen LogP contribution in [0.5, 0.6) is 5.75 Å². The molecule has 1 aliphatic rings. The van der Waals surface area contributed by atoms with Crippen molar-refractivity contribution < 1.29 is 33.4 Å². The van der Waals surface area contributed by atoms with E-state index in [0.29, 0.717) is 30.8 Å². The molecule has 1 aromatic heterocycles. The fraction of sp³-hybridized carbons (Fsp3) is 0.594. The molecule has 1 saturated heterocycles. The van der Waals surface area contributed by atoms with E-state index in [-0.39, 0.29) is 29.9 Å². The first-order valence-electron chi connectivity index (χ1n) is 14.9. The molecule has 4 N–H and O–H groups in total. The highest BCUT2D eigenvalue weighted by Gasteiger charge is 2.35. The largest absolute Gasteiger partial charge is 0.493 e. The summed E-state index contributed by atoms with van der Waals surface area (Å²) in [5, 5.41) is 9.15. The van der Waals surface area contributed by atoms with E-state index in [4.69, 9.17) is 9.47 Å². The van der Waals surface area contributed by atoms with E-state index in [1.807, 2.05) is 45.9 Å². The van der Waals surface area contributed by atoms with E-state index in [1.165, 1.54) is 0 Å². The first kappa shape index (κ1) is 33.6. The number of amides is 3. The van der Waals surface area contributed by atoms with Gasteiger partial charge >= 0.3 is 5.97 Å². The topological polar surface area (TPSA) is 156 Å². The van der Waals surface area contributed by atoms with Gasteiger partial charge in [-0.1, -0.05) is 26.8 Å². The summed E-state index contributed by atoms with van der Waals surface area (Å²) in [5.74, 6) is -2.16. The molecule has 3 atom stereocenters. The Bertz CT molecular complexity index is 1340. The summed E-state index contributed by atoms with van der Waals surface area (Å²) in [4.78, 5) is 68.3. The Morgan fingerprint density at radius 1 is 1.05 bits per heavy atom. The number of H-pyrrole nitrogens is 1. The van der Waals surface area contributed by atoms with E-state index in [1.54, 1.807) is 26.8 Å². The molecule has 1 aromatic carbocycles. The number of ether oxygens (including phenoxy) is 2. The van der Waals surface area contributed by atoms with Crippen molar-refractivity contribution in [2.45, 2.75) is 86.2 Å². The summed E-state index contributed by atoms with van der Waals surface area (Å²) in [6.07, 6.45) is 1.66. The Balaban J connectivity index is 1.82. The maximum absolute atomic E-state index is 13.7. The highest BCUT2D eigenvalue weighted by molar-refractivity contribution is 6.02. The molecule has 3 rings (SSSR count). The average Bonchev–Trinajstić information content (AvgIpc) is 3.36. The molecule has 0 saturated carbocycles. The predicted molar refractivity (Wildman–Crippen MR) is 162 cm³/mol. The lowest BCUT2D eigenvalue weighted by Crippen LogP contribution is -2.54. The van der Waals surface area contributed by atoms with Crippen molar-refractivity contribution in [2.24, 2.45) is 16.7 Å². The second-order valence-electron chi connectivity index (χ2n) is 13.3. The van der Waals surface area contributed by atoms with Crippen LogP contribution >= 0.6 is 0 Å². The second-order valence-corrected chi connectivity index (χ2v) is 13.3. The van der Waals surface area contributed by atoms with Crippen LogP contribution in [0.15, 0.2) is 24.3 Å². The van der Waals surface area contributed by atoms with Crippen molar-refractivity contribution >= 4 is 40.4 Å². The number of ketones is 1. The number of fused-ring (bicyclic) bond motifs is 1. The van der Waals surface area contributed by atoms with Gasteiger partial charge in [-0.15, -0.1) is 0 Å². The first-order chi connectivity index (χ1) is 20.1. The molecule has 0 unspecified atom stereocenters. The zero-order valence-corrected chi connectivity index (χ0v) is 26.3. The number of hydrogen-bond donors (Lipinski definition) is 4. The minimum absolute atomic E-state index is 0.0574. The quantitative estimate of drug-likeness (QED) is 0.272. The lowest BCUT2D eigenvalue weighted by molar-refractivity contribution is -0.156. The maximum atomic E-state index is 13.7. The standard InChI is InChI=1S/C32H46N4O7/c1-8-42-26-13-9-12-21-20(26)16-23(34-21)28(39)36-24(17-31(2,3)4)29(40)35-22(15-19-11-10-14-33-27(19)38)25(37)18-43-30(41)32(5,6)7/h9,12-13,16,19,22,24,34H,8,10-11,14-15,17-18H2,1-7H3,(H,33,38)(H,35,40)(H,36,39)/t19-,22-,24-/m0/s1. The van der Waals surface area contributed by atoms with Gasteiger partial charge in [0.05, 0.1) is 18.1 Å². The van der Waals surface area contributed by atoms with E-state index < -0.39 is 53.6 Å². The number of nitrogens with one attached hydrogen (secondary N) is 4. The summed E-state index contributed by atoms with van der Waals surface area (Å²) >= 11 is 0. The molecule has 236 valence electrons. The number of rotatable bonds is 12. The average molecular weight is 599 g/mol. The summed E-state index contributed by atoms with van der Waals surface area (Å²) in [6.45, 7) is 13.2. The van der Waals surface area contributed by atoms with Gasteiger partial charge in [0.2, 0.25) is 11.8 Å². The van der Waals surface area contributed by atoms with Crippen LogP contribution in [0.4, 0.5) is 0 Å². The lowest BCUT2D eigenvalue weighted by atomic mass is 9.87. The Morgan fingerprint density at radius 3 is 2.40 bits per heavy atom. The summed E-state index contributed by atoms with van der Waals surface area (Å²) in [6, 6.07) is 5.08. The van der Waals surface area contributed by atoms with Crippen LogP contribution in [0.1, 0.15) is 84.6 Å². The van der Waals surface area contributed by atoms with Gasteiger partial charge in [-0.2, -0.15) is 0 Å². The molecule has 11 nitrogen and oxygen atoms in total. The number of benzene rings is 1. The first-order valence-corrected chi connectivity index (χ1v) is 14.9. The molecule has 3 amide bonds. The second kappa shape index (κ2) is 14.1. The van der Waals surface area contributed by atoms with Gasteiger partial charge in [-0.05, 0) is 77.0 Å². The van der Waals surface area contributed by atoms with Gasteiger partial charge in [0.25, 0.3) is 5.91 Å². The molecule has 2 heterocycles. The van der Waals surface area contributed by atoms with Crippen molar-refractivity contribution in [2.75, 3.05) is 19.8 Å². The maximum Gasteiger partial charge on any atom is 0.311 e. The fourth-order valence-corrected chi connectivity index (χ4v) is 4.93. The smallest absolute Gasteiger partial charge is 0.311 e. The van der Waals surface area contributed by atoms with Gasteiger partial charge in [-0.3, -0.25) is 24.0 Å². The predicted octanol–water partition coefficient (Wildman–Crippen LogP) is 3.66. The Labute approximate surface area is 253 Å². The molecular formula is C32H46N4O7. The molecule has 2 aromatic rings. The van der Waals surface area contributed by atoms with Crippen LogP contribution in [0.25, 0.3) is 10.9 Å². The third-order valence-corrected chi connectivity index (χ3v) is 7.19. The zero-order valence-electron chi connectivity index (χ0n) is 26.3.